The Morgan fingerprint density at radius 3 is 1.15 bits per heavy atom. The molecule has 2 heterocycles. The summed E-state index contributed by atoms with van der Waals surface area (Å²) in [4.78, 5) is 13.4. The second-order valence-corrected chi connectivity index (χ2v) is 26.8. The van der Waals surface area contributed by atoms with Gasteiger partial charge in [0.25, 0.3) is 0 Å². The third-order valence-electron chi connectivity index (χ3n) is 18.4. The van der Waals surface area contributed by atoms with Gasteiger partial charge in [-0.2, -0.15) is 0 Å². The number of aliphatic hydroxyl groups excluding tert-OH is 8. The van der Waals surface area contributed by atoms with Crippen LogP contribution in [0.5, 0.6) is 0 Å². The number of hydrogen-bond acceptors (Lipinski definition) is 13. The molecule has 0 saturated carbocycles. The summed E-state index contributed by atoms with van der Waals surface area (Å²) in [5.41, 5.74) is 0. The first-order valence-electron chi connectivity index (χ1n) is 38.2. The molecule has 0 aromatic heterocycles. The molecule has 2 aliphatic rings. The molecule has 1 amide bonds. The van der Waals surface area contributed by atoms with E-state index >= 15 is 0 Å². The minimum absolute atomic E-state index is 0.205. The van der Waals surface area contributed by atoms with Crippen LogP contribution in [0.4, 0.5) is 0 Å². The van der Waals surface area contributed by atoms with Gasteiger partial charge in [-0.1, -0.05) is 324 Å². The maximum atomic E-state index is 13.4. The van der Waals surface area contributed by atoms with E-state index in [9.17, 15) is 45.6 Å². The molecule has 0 bridgehead atoms. The minimum atomic E-state index is -1.79. The molecule has 0 aromatic rings. The number of aliphatic hydroxyl groups is 8. The van der Waals surface area contributed by atoms with Gasteiger partial charge in [-0.15, -0.1) is 0 Å². The molecule has 14 nitrogen and oxygen atoms in total. The molecule has 9 N–H and O–H groups in total. The third-order valence-corrected chi connectivity index (χ3v) is 18.4. The summed E-state index contributed by atoms with van der Waals surface area (Å²) in [6, 6.07) is -0.834. The average molecular weight is 1300 g/mol. The maximum Gasteiger partial charge on any atom is 0.220 e. The fourth-order valence-electron chi connectivity index (χ4n) is 12.4. The number of carbonyl (C=O) groups is 1. The number of carbonyl (C=O) groups excluding carboxylic acids is 1. The minimum Gasteiger partial charge on any atom is -0.394 e. The first-order valence-corrected chi connectivity index (χ1v) is 38.2. The van der Waals surface area contributed by atoms with Crippen molar-refractivity contribution in [2.45, 2.75) is 396 Å². The SMILES string of the molecule is CC/C=C\C/C=C\C/C=C\C/C=C\C/C=C\C/C=C\CCCCCCCCCCCCCCCCC(=O)NC(COC1OC(CO)C(OC2OC(CO)C(O)C(O)C2O)C(O)C1O)C(O)CCCCCCCCCCCCCCCCCCCCCCCCCCC. The molecule has 0 aromatic carbocycles. The Bertz CT molecular complexity index is 1820. The molecule has 12 atom stereocenters. The average Bonchev–Trinajstić information content (AvgIpc) is 0.829. The number of amides is 1. The van der Waals surface area contributed by atoms with Crippen LogP contribution in [-0.2, 0) is 23.7 Å². The Morgan fingerprint density at radius 1 is 0.402 bits per heavy atom. The number of allylic oxidation sites excluding steroid dienone is 12. The van der Waals surface area contributed by atoms with Crippen LogP contribution in [0.15, 0.2) is 72.9 Å². The summed E-state index contributed by atoms with van der Waals surface area (Å²) in [5.74, 6) is -0.205. The van der Waals surface area contributed by atoms with Crippen molar-refractivity contribution in [3.05, 3.63) is 72.9 Å². The summed E-state index contributed by atoms with van der Waals surface area (Å²) in [6.07, 6.45) is 67.8. The van der Waals surface area contributed by atoms with E-state index in [-0.39, 0.29) is 12.5 Å². The van der Waals surface area contributed by atoms with Crippen molar-refractivity contribution in [3.63, 3.8) is 0 Å². The fraction of sp³-hybridized carbons (Fsp3) is 0.833. The van der Waals surface area contributed by atoms with Gasteiger partial charge in [0.05, 0.1) is 32.0 Å². The lowest BCUT2D eigenvalue weighted by Gasteiger charge is -2.46. The van der Waals surface area contributed by atoms with E-state index in [2.05, 4.69) is 92.1 Å². The molecule has 2 saturated heterocycles. The molecular weight excluding hydrogens is 1160 g/mol. The summed E-state index contributed by atoms with van der Waals surface area (Å²) in [5, 5.41) is 87.8. The van der Waals surface area contributed by atoms with Gasteiger partial charge in [-0.05, 0) is 64.2 Å². The van der Waals surface area contributed by atoms with Crippen molar-refractivity contribution in [1.82, 2.24) is 5.32 Å². The number of nitrogens with one attached hydrogen (secondary N) is 1. The van der Waals surface area contributed by atoms with Crippen molar-refractivity contribution in [2.75, 3.05) is 19.8 Å². The van der Waals surface area contributed by atoms with Crippen molar-refractivity contribution < 1.29 is 64.6 Å². The first kappa shape index (κ1) is 85.5. The molecule has 92 heavy (non-hydrogen) atoms. The highest BCUT2D eigenvalue weighted by Gasteiger charge is 2.51. The highest BCUT2D eigenvalue weighted by Crippen LogP contribution is 2.30. The molecule has 2 aliphatic heterocycles. The largest absolute Gasteiger partial charge is 0.394 e. The number of unbranched alkanes of at least 4 members (excludes halogenated alkanes) is 38. The zero-order chi connectivity index (χ0) is 66.6. The van der Waals surface area contributed by atoms with Crippen molar-refractivity contribution in [1.29, 1.82) is 0 Å². The van der Waals surface area contributed by atoms with E-state index in [1.54, 1.807) is 0 Å². The Hall–Kier alpha value is -2.57. The zero-order valence-corrected chi connectivity index (χ0v) is 58.5. The van der Waals surface area contributed by atoms with Gasteiger partial charge in [0.1, 0.15) is 48.8 Å². The van der Waals surface area contributed by atoms with Gasteiger partial charge in [0.2, 0.25) is 5.91 Å². The van der Waals surface area contributed by atoms with Crippen LogP contribution in [0.1, 0.15) is 322 Å². The molecule has 14 heteroatoms. The van der Waals surface area contributed by atoms with E-state index in [4.69, 9.17) is 18.9 Å². The monoisotopic (exact) mass is 1300 g/mol. The van der Waals surface area contributed by atoms with E-state index in [1.807, 2.05) is 0 Å². The van der Waals surface area contributed by atoms with Gasteiger partial charge in [0.15, 0.2) is 12.6 Å². The Morgan fingerprint density at radius 2 is 0.750 bits per heavy atom. The molecule has 0 spiro atoms. The molecule has 0 radical (unpaired) electrons. The van der Waals surface area contributed by atoms with Crippen LogP contribution in [0.3, 0.4) is 0 Å². The summed E-state index contributed by atoms with van der Waals surface area (Å²) < 4.78 is 23.0. The van der Waals surface area contributed by atoms with Crippen LogP contribution < -0.4 is 5.32 Å². The van der Waals surface area contributed by atoms with Crippen LogP contribution in [-0.4, -0.2) is 140 Å². The van der Waals surface area contributed by atoms with E-state index in [0.717, 1.165) is 89.9 Å². The van der Waals surface area contributed by atoms with Crippen molar-refractivity contribution >= 4 is 5.91 Å². The van der Waals surface area contributed by atoms with Gasteiger partial charge in [-0.25, -0.2) is 0 Å². The summed E-state index contributed by atoms with van der Waals surface area (Å²) in [6.45, 7) is 2.79. The lowest BCUT2D eigenvalue weighted by atomic mass is 9.97. The second-order valence-electron chi connectivity index (χ2n) is 26.8. The van der Waals surface area contributed by atoms with Crippen LogP contribution in [0.2, 0.25) is 0 Å². The number of hydrogen-bond donors (Lipinski definition) is 9. The highest BCUT2D eigenvalue weighted by molar-refractivity contribution is 5.76. The maximum absolute atomic E-state index is 13.4. The summed E-state index contributed by atoms with van der Waals surface area (Å²) in [7, 11) is 0. The third kappa shape index (κ3) is 45.0. The predicted molar refractivity (Wildman–Crippen MR) is 378 cm³/mol. The van der Waals surface area contributed by atoms with E-state index in [0.29, 0.717) is 12.8 Å². The quantitative estimate of drug-likeness (QED) is 0.0204. The van der Waals surface area contributed by atoms with E-state index < -0.39 is 86.8 Å². The first-order chi connectivity index (χ1) is 45.1. The number of rotatable bonds is 63. The fourth-order valence-corrected chi connectivity index (χ4v) is 12.4. The lowest BCUT2D eigenvalue weighted by molar-refractivity contribution is -0.359. The van der Waals surface area contributed by atoms with Gasteiger partial charge in [-0.3, -0.25) is 4.79 Å². The standard InChI is InChI=1S/C78H141NO13/c1-3-5-7-9-11-13-15-17-19-21-23-25-27-29-30-31-32-33-34-35-36-38-40-42-44-46-48-50-52-54-56-58-60-62-70(83)79-66(65-89-77-75(88)73(86)76(69(64-81)91-77)92-78-74(87)72(85)71(84)68(63-80)90-78)67(82)61-59-57-55-53-51-49-47-45-43-41-39-37-28-26-24-22-20-18-16-14-12-10-8-6-4-2/h5,7,11,13,17,19,23,25,29-30,32-33,66-69,71-78,80-82,84-88H,3-4,6,8-10,12,14-16,18,20-22,24,26-28,31,34-65H2,1-2H3,(H,79,83)/b7-5-,13-11-,19-17-,25-23-,30-29-,33-32-. The predicted octanol–water partition coefficient (Wildman–Crippen LogP) is 16.6. The molecule has 2 rings (SSSR count). The molecule has 0 aliphatic carbocycles. The second kappa shape index (κ2) is 62.0. The normalized spacial score (nSPS) is 23.1. The van der Waals surface area contributed by atoms with Crippen LogP contribution >= 0.6 is 0 Å². The molecule has 2 fully saturated rings. The Balaban J connectivity index is 1.63. The van der Waals surface area contributed by atoms with Crippen LogP contribution in [0, 0.1) is 0 Å². The number of ether oxygens (including phenoxy) is 4. The zero-order valence-electron chi connectivity index (χ0n) is 58.5. The smallest absolute Gasteiger partial charge is 0.220 e. The molecule has 12 unspecified atom stereocenters. The highest BCUT2D eigenvalue weighted by atomic mass is 16.7. The Kier molecular flexibility index (Phi) is 57.6. The molecule has 536 valence electrons. The van der Waals surface area contributed by atoms with Gasteiger partial charge in [0, 0.05) is 6.42 Å². The Labute approximate surface area is 561 Å². The topological polar surface area (TPSA) is 228 Å². The summed E-state index contributed by atoms with van der Waals surface area (Å²) >= 11 is 0. The lowest BCUT2D eigenvalue weighted by Crippen LogP contribution is -2.65. The van der Waals surface area contributed by atoms with Crippen molar-refractivity contribution in [3.8, 4) is 0 Å². The van der Waals surface area contributed by atoms with Gasteiger partial charge < -0.3 is 65.1 Å². The van der Waals surface area contributed by atoms with E-state index in [1.165, 1.54) is 205 Å². The van der Waals surface area contributed by atoms with Gasteiger partial charge >= 0.3 is 0 Å². The van der Waals surface area contributed by atoms with Crippen molar-refractivity contribution in [2.24, 2.45) is 0 Å². The molecular formula is C78H141NO13. The van der Waals surface area contributed by atoms with Crippen LogP contribution in [0.25, 0.3) is 0 Å².